The molecule has 0 amide bonds. The number of benzene rings is 1. The van der Waals surface area contributed by atoms with Crippen molar-refractivity contribution in [1.82, 2.24) is 9.97 Å². The highest BCUT2D eigenvalue weighted by Gasteiger charge is 2.32. The molecule has 1 aromatic carbocycles. The molecule has 0 saturated carbocycles. The number of hydrogen-bond acceptors (Lipinski definition) is 9. The van der Waals surface area contributed by atoms with E-state index >= 15 is 0 Å². The van der Waals surface area contributed by atoms with Gasteiger partial charge in [-0.05, 0) is 44.0 Å². The molecule has 1 aliphatic heterocycles. The highest BCUT2D eigenvalue weighted by atomic mass is 16.6. The fourth-order valence-electron chi connectivity index (χ4n) is 3.26. The van der Waals surface area contributed by atoms with Crippen LogP contribution in [0.3, 0.4) is 0 Å². The van der Waals surface area contributed by atoms with Crippen LogP contribution in [-0.4, -0.2) is 47.7 Å². The van der Waals surface area contributed by atoms with Gasteiger partial charge in [0.2, 0.25) is 11.6 Å². The summed E-state index contributed by atoms with van der Waals surface area (Å²) in [5.74, 6) is 0.620. The van der Waals surface area contributed by atoms with Gasteiger partial charge in [0, 0.05) is 18.8 Å². The van der Waals surface area contributed by atoms with Crippen LogP contribution in [0.5, 0.6) is 5.75 Å². The Hall–Kier alpha value is -3.43. The van der Waals surface area contributed by atoms with Gasteiger partial charge in [-0.2, -0.15) is 0 Å². The molecular weight excluding hydrogens is 378 g/mol. The smallest absolute Gasteiger partial charge is 0.353 e. The number of carbonyl (C=O) groups is 1. The van der Waals surface area contributed by atoms with Crippen LogP contribution in [0.1, 0.15) is 19.8 Å². The number of ether oxygens (including phenoxy) is 2. The SMILES string of the molecule is CCOC(=O)C1CCN(c2ncnc(Nc3ccc(OC)cc3)c2[N+](=O)[O-])CC1. The molecule has 0 atom stereocenters. The normalized spacial score (nSPS) is 14.3. The van der Waals surface area contributed by atoms with Crippen molar-refractivity contribution in [1.29, 1.82) is 0 Å². The van der Waals surface area contributed by atoms with E-state index in [2.05, 4.69) is 15.3 Å². The predicted molar refractivity (Wildman–Crippen MR) is 107 cm³/mol. The van der Waals surface area contributed by atoms with E-state index in [1.54, 1.807) is 38.3 Å². The quantitative estimate of drug-likeness (QED) is 0.424. The van der Waals surface area contributed by atoms with Crippen LogP contribution in [0.25, 0.3) is 0 Å². The zero-order valence-corrected chi connectivity index (χ0v) is 16.3. The summed E-state index contributed by atoms with van der Waals surface area (Å²) in [7, 11) is 1.56. The summed E-state index contributed by atoms with van der Waals surface area (Å²) >= 11 is 0. The lowest BCUT2D eigenvalue weighted by molar-refractivity contribution is -0.383. The van der Waals surface area contributed by atoms with Crippen LogP contribution in [0, 0.1) is 16.0 Å². The first-order valence-electron chi connectivity index (χ1n) is 9.35. The minimum Gasteiger partial charge on any atom is -0.497 e. The summed E-state index contributed by atoms with van der Waals surface area (Å²) in [6.45, 7) is 3.07. The number of anilines is 3. The lowest BCUT2D eigenvalue weighted by Crippen LogP contribution is -2.37. The molecule has 3 rings (SSSR count). The zero-order chi connectivity index (χ0) is 20.8. The topological polar surface area (TPSA) is 120 Å². The first kappa shape index (κ1) is 20.3. The van der Waals surface area contributed by atoms with Gasteiger partial charge in [-0.3, -0.25) is 14.9 Å². The second-order valence-corrected chi connectivity index (χ2v) is 6.52. The average Bonchev–Trinajstić information content (AvgIpc) is 2.74. The monoisotopic (exact) mass is 401 g/mol. The number of nitrogens with zero attached hydrogens (tertiary/aromatic N) is 4. The van der Waals surface area contributed by atoms with Gasteiger partial charge in [-0.1, -0.05) is 0 Å². The van der Waals surface area contributed by atoms with Gasteiger partial charge in [0.25, 0.3) is 0 Å². The minimum atomic E-state index is -0.487. The summed E-state index contributed by atoms with van der Waals surface area (Å²) < 4.78 is 10.2. The van der Waals surface area contributed by atoms with Crippen LogP contribution < -0.4 is 15.0 Å². The van der Waals surface area contributed by atoms with E-state index in [9.17, 15) is 14.9 Å². The molecule has 1 aromatic heterocycles. The molecule has 1 N–H and O–H groups in total. The summed E-state index contributed by atoms with van der Waals surface area (Å²) in [4.78, 5) is 33.3. The summed E-state index contributed by atoms with van der Waals surface area (Å²) in [5, 5.41) is 14.8. The number of methoxy groups -OCH3 is 1. The molecule has 0 unspecified atom stereocenters. The van der Waals surface area contributed by atoms with Crippen LogP contribution in [0.2, 0.25) is 0 Å². The molecule has 10 heteroatoms. The van der Waals surface area contributed by atoms with Gasteiger partial charge in [-0.25, -0.2) is 9.97 Å². The molecule has 1 fully saturated rings. The van der Waals surface area contributed by atoms with E-state index in [-0.39, 0.29) is 29.2 Å². The molecule has 0 aliphatic carbocycles. The molecule has 0 radical (unpaired) electrons. The number of rotatable bonds is 7. The number of carbonyl (C=O) groups excluding carboxylic acids is 1. The number of aromatic nitrogens is 2. The maximum Gasteiger partial charge on any atom is 0.353 e. The first-order chi connectivity index (χ1) is 14.0. The van der Waals surface area contributed by atoms with Gasteiger partial charge < -0.3 is 19.7 Å². The number of nitro groups is 1. The van der Waals surface area contributed by atoms with Crippen molar-refractivity contribution in [3.05, 3.63) is 40.7 Å². The van der Waals surface area contributed by atoms with Crippen molar-refractivity contribution in [3.8, 4) is 5.75 Å². The van der Waals surface area contributed by atoms with E-state index in [1.165, 1.54) is 6.33 Å². The number of nitrogens with one attached hydrogen (secondary N) is 1. The van der Waals surface area contributed by atoms with Crippen LogP contribution in [0.15, 0.2) is 30.6 Å². The van der Waals surface area contributed by atoms with Crippen molar-refractivity contribution in [2.45, 2.75) is 19.8 Å². The van der Waals surface area contributed by atoms with Gasteiger partial charge >= 0.3 is 11.7 Å². The van der Waals surface area contributed by atoms with Crippen LogP contribution in [-0.2, 0) is 9.53 Å². The predicted octanol–water partition coefficient (Wildman–Crippen LogP) is 2.92. The summed E-state index contributed by atoms with van der Waals surface area (Å²) in [6.07, 6.45) is 2.41. The van der Waals surface area contributed by atoms with Crippen LogP contribution >= 0.6 is 0 Å². The Morgan fingerprint density at radius 1 is 1.28 bits per heavy atom. The van der Waals surface area contributed by atoms with E-state index in [0.717, 1.165) is 0 Å². The highest BCUT2D eigenvalue weighted by molar-refractivity contribution is 5.76. The minimum absolute atomic E-state index is 0.109. The Bertz CT molecular complexity index is 866. The van der Waals surface area contributed by atoms with Crippen molar-refractivity contribution < 1.29 is 19.2 Å². The maximum atomic E-state index is 11.9. The molecule has 2 heterocycles. The van der Waals surface area contributed by atoms with Crippen molar-refractivity contribution >= 4 is 29.0 Å². The fraction of sp³-hybridized carbons (Fsp3) is 0.421. The second-order valence-electron chi connectivity index (χ2n) is 6.52. The van der Waals surface area contributed by atoms with Crippen molar-refractivity contribution in [2.24, 2.45) is 5.92 Å². The van der Waals surface area contributed by atoms with Crippen LogP contribution in [0.4, 0.5) is 23.0 Å². The van der Waals surface area contributed by atoms with Gasteiger partial charge in [0.15, 0.2) is 0 Å². The summed E-state index contributed by atoms with van der Waals surface area (Å²) in [5.41, 5.74) is 0.442. The van der Waals surface area contributed by atoms with Gasteiger partial charge in [0.05, 0.1) is 24.6 Å². The lowest BCUT2D eigenvalue weighted by atomic mass is 9.97. The largest absolute Gasteiger partial charge is 0.497 e. The molecule has 10 nitrogen and oxygen atoms in total. The third-order valence-corrected chi connectivity index (χ3v) is 4.75. The third kappa shape index (κ3) is 4.71. The molecule has 0 spiro atoms. The zero-order valence-electron chi connectivity index (χ0n) is 16.3. The average molecular weight is 401 g/mol. The Morgan fingerprint density at radius 2 is 1.97 bits per heavy atom. The Balaban J connectivity index is 1.80. The molecule has 29 heavy (non-hydrogen) atoms. The van der Waals surface area contributed by atoms with Crippen molar-refractivity contribution in [2.75, 3.05) is 37.0 Å². The number of piperidine rings is 1. The highest BCUT2D eigenvalue weighted by Crippen LogP contribution is 2.35. The fourth-order valence-corrected chi connectivity index (χ4v) is 3.26. The van der Waals surface area contributed by atoms with Gasteiger partial charge in [-0.15, -0.1) is 0 Å². The summed E-state index contributed by atoms with van der Waals surface area (Å²) in [6, 6.07) is 6.98. The molecule has 0 bridgehead atoms. The van der Waals surface area contributed by atoms with E-state index in [0.29, 0.717) is 44.0 Å². The molecule has 2 aromatic rings. The lowest BCUT2D eigenvalue weighted by Gasteiger charge is -2.31. The van der Waals surface area contributed by atoms with Gasteiger partial charge in [0.1, 0.15) is 12.1 Å². The molecule has 1 aliphatic rings. The van der Waals surface area contributed by atoms with Crippen molar-refractivity contribution in [3.63, 3.8) is 0 Å². The van der Waals surface area contributed by atoms with E-state index in [4.69, 9.17) is 9.47 Å². The maximum absolute atomic E-state index is 11.9. The first-order valence-corrected chi connectivity index (χ1v) is 9.35. The standard InChI is InChI=1S/C19H23N5O5/c1-3-29-19(25)13-8-10-23(11-9-13)18-16(24(26)27)17(20-12-21-18)22-14-4-6-15(28-2)7-5-14/h4-7,12-13H,3,8-11H2,1-2H3,(H,20,21,22). The Morgan fingerprint density at radius 3 is 2.55 bits per heavy atom. The van der Waals surface area contributed by atoms with E-state index in [1.807, 2.05) is 4.90 Å². The number of esters is 1. The Labute approximate surface area is 168 Å². The second kappa shape index (κ2) is 9.18. The third-order valence-electron chi connectivity index (χ3n) is 4.75. The molecule has 154 valence electrons. The number of hydrogen-bond donors (Lipinski definition) is 1. The Kier molecular flexibility index (Phi) is 6.43. The molecule has 1 saturated heterocycles. The van der Waals surface area contributed by atoms with E-state index < -0.39 is 4.92 Å². The molecular formula is C19H23N5O5.